The Labute approximate surface area is 109 Å². The van der Waals surface area contributed by atoms with Crippen LogP contribution in [0.1, 0.15) is 49.6 Å². The lowest BCUT2D eigenvalue weighted by atomic mass is 9.93. The Morgan fingerprint density at radius 1 is 1.53 bits per heavy atom. The molecule has 1 aliphatic rings. The van der Waals surface area contributed by atoms with Crippen LogP contribution in [-0.4, -0.2) is 23.5 Å². The fourth-order valence-electron chi connectivity index (χ4n) is 3.19. The van der Waals surface area contributed by atoms with Crippen LogP contribution in [0.15, 0.2) is 11.4 Å². The Morgan fingerprint density at radius 2 is 2.29 bits per heavy atom. The third kappa shape index (κ3) is 2.56. The van der Waals surface area contributed by atoms with Gasteiger partial charge in [0, 0.05) is 29.5 Å². The smallest absolute Gasteiger partial charge is 0.0422 e. The topological polar surface area (TPSA) is 29.3 Å². The Bertz CT molecular complexity index is 361. The van der Waals surface area contributed by atoms with Crippen LogP contribution in [0.3, 0.4) is 0 Å². The number of hydrogen-bond donors (Lipinski definition) is 1. The molecule has 2 N–H and O–H groups in total. The van der Waals surface area contributed by atoms with Gasteiger partial charge in [-0.1, -0.05) is 6.42 Å². The van der Waals surface area contributed by atoms with Gasteiger partial charge in [-0.3, -0.25) is 4.90 Å². The first kappa shape index (κ1) is 13.1. The summed E-state index contributed by atoms with van der Waals surface area (Å²) in [7, 11) is 0. The SMILES string of the molecule is Cc1ccsc1C(C)N1C(C)CCCC1CN. The van der Waals surface area contributed by atoms with Crippen LogP contribution in [0.5, 0.6) is 0 Å². The molecular weight excluding hydrogens is 228 g/mol. The van der Waals surface area contributed by atoms with Gasteiger partial charge in [0.05, 0.1) is 0 Å². The molecule has 1 fully saturated rings. The Hall–Kier alpha value is -0.380. The van der Waals surface area contributed by atoms with E-state index < -0.39 is 0 Å². The van der Waals surface area contributed by atoms with Crippen molar-refractivity contribution in [1.82, 2.24) is 4.90 Å². The maximum absolute atomic E-state index is 5.95. The molecule has 1 saturated heterocycles. The van der Waals surface area contributed by atoms with E-state index in [2.05, 4.69) is 37.1 Å². The van der Waals surface area contributed by atoms with E-state index in [-0.39, 0.29) is 0 Å². The van der Waals surface area contributed by atoms with Gasteiger partial charge in [-0.05, 0) is 50.6 Å². The molecule has 17 heavy (non-hydrogen) atoms. The zero-order valence-electron chi connectivity index (χ0n) is 11.1. The summed E-state index contributed by atoms with van der Waals surface area (Å²) in [4.78, 5) is 4.15. The van der Waals surface area contributed by atoms with Gasteiger partial charge in [-0.2, -0.15) is 0 Å². The van der Waals surface area contributed by atoms with Gasteiger partial charge in [0.1, 0.15) is 0 Å². The normalized spacial score (nSPS) is 28.2. The molecule has 3 atom stereocenters. The average molecular weight is 252 g/mol. The predicted octanol–water partition coefficient (Wildman–Crippen LogP) is 3.32. The molecule has 1 aromatic heterocycles. The maximum atomic E-state index is 5.95. The van der Waals surface area contributed by atoms with E-state index in [9.17, 15) is 0 Å². The van der Waals surface area contributed by atoms with Crippen LogP contribution in [0, 0.1) is 6.92 Å². The number of thiophene rings is 1. The molecule has 96 valence electrons. The molecular formula is C14H24N2S. The van der Waals surface area contributed by atoms with Gasteiger partial charge >= 0.3 is 0 Å². The minimum Gasteiger partial charge on any atom is -0.329 e. The molecule has 0 radical (unpaired) electrons. The zero-order valence-corrected chi connectivity index (χ0v) is 12.0. The van der Waals surface area contributed by atoms with E-state index >= 15 is 0 Å². The van der Waals surface area contributed by atoms with Gasteiger partial charge in [-0.15, -0.1) is 11.3 Å². The first-order chi connectivity index (χ1) is 8.15. The highest BCUT2D eigenvalue weighted by Gasteiger charge is 2.32. The largest absolute Gasteiger partial charge is 0.329 e. The highest BCUT2D eigenvalue weighted by molar-refractivity contribution is 7.10. The summed E-state index contributed by atoms with van der Waals surface area (Å²) in [6.07, 6.45) is 3.90. The summed E-state index contributed by atoms with van der Waals surface area (Å²) in [5, 5.41) is 2.20. The van der Waals surface area contributed by atoms with E-state index in [0.717, 1.165) is 6.54 Å². The summed E-state index contributed by atoms with van der Waals surface area (Å²) < 4.78 is 0. The van der Waals surface area contributed by atoms with Crippen molar-refractivity contribution in [2.24, 2.45) is 5.73 Å². The summed E-state index contributed by atoms with van der Waals surface area (Å²) >= 11 is 1.88. The molecule has 0 aromatic carbocycles. The second kappa shape index (κ2) is 5.51. The molecule has 2 rings (SSSR count). The fourth-order valence-corrected chi connectivity index (χ4v) is 4.18. The molecule has 3 unspecified atom stereocenters. The lowest BCUT2D eigenvalue weighted by Crippen LogP contribution is -2.49. The summed E-state index contributed by atoms with van der Waals surface area (Å²) in [5.74, 6) is 0. The van der Waals surface area contributed by atoms with Crippen molar-refractivity contribution in [3.63, 3.8) is 0 Å². The molecule has 2 heterocycles. The van der Waals surface area contributed by atoms with Crippen LogP contribution in [-0.2, 0) is 0 Å². The molecule has 0 amide bonds. The van der Waals surface area contributed by atoms with Crippen LogP contribution < -0.4 is 5.73 Å². The minimum absolute atomic E-state index is 0.513. The van der Waals surface area contributed by atoms with Crippen molar-refractivity contribution >= 4 is 11.3 Å². The molecule has 1 aromatic rings. The summed E-state index contributed by atoms with van der Waals surface area (Å²) in [5.41, 5.74) is 7.37. The van der Waals surface area contributed by atoms with E-state index in [0.29, 0.717) is 18.1 Å². The number of rotatable bonds is 3. The van der Waals surface area contributed by atoms with E-state index in [1.54, 1.807) is 0 Å². The van der Waals surface area contributed by atoms with Crippen molar-refractivity contribution in [3.8, 4) is 0 Å². The number of piperidine rings is 1. The lowest BCUT2D eigenvalue weighted by Gasteiger charge is -2.44. The van der Waals surface area contributed by atoms with Crippen molar-refractivity contribution < 1.29 is 0 Å². The average Bonchev–Trinajstić information content (AvgIpc) is 2.74. The van der Waals surface area contributed by atoms with Crippen LogP contribution in [0.25, 0.3) is 0 Å². The quantitative estimate of drug-likeness (QED) is 0.894. The molecule has 0 saturated carbocycles. The molecule has 0 bridgehead atoms. The number of nitrogens with two attached hydrogens (primary N) is 1. The van der Waals surface area contributed by atoms with Gasteiger partial charge in [-0.25, -0.2) is 0 Å². The van der Waals surface area contributed by atoms with Gasteiger partial charge in [0.25, 0.3) is 0 Å². The summed E-state index contributed by atoms with van der Waals surface area (Å²) in [6.45, 7) is 7.69. The standard InChI is InChI=1S/C14H24N2S/c1-10-7-8-17-14(10)12(3)16-11(2)5-4-6-13(16)9-15/h7-8,11-13H,4-6,9,15H2,1-3H3. The van der Waals surface area contributed by atoms with E-state index in [1.165, 1.54) is 29.7 Å². The lowest BCUT2D eigenvalue weighted by molar-refractivity contribution is 0.0583. The van der Waals surface area contributed by atoms with Gasteiger partial charge in [0.15, 0.2) is 0 Å². The van der Waals surface area contributed by atoms with Gasteiger partial charge in [0.2, 0.25) is 0 Å². The number of aryl methyl sites for hydroxylation is 1. The Morgan fingerprint density at radius 3 is 2.88 bits per heavy atom. The van der Waals surface area contributed by atoms with Crippen LogP contribution in [0.2, 0.25) is 0 Å². The molecule has 3 heteroatoms. The fraction of sp³-hybridized carbons (Fsp3) is 0.714. The van der Waals surface area contributed by atoms with Gasteiger partial charge < -0.3 is 5.73 Å². The highest BCUT2D eigenvalue weighted by atomic mass is 32.1. The van der Waals surface area contributed by atoms with E-state index in [4.69, 9.17) is 5.73 Å². The third-order valence-corrected chi connectivity index (χ3v) is 5.28. The van der Waals surface area contributed by atoms with Crippen molar-refractivity contribution in [2.75, 3.05) is 6.54 Å². The Kier molecular flexibility index (Phi) is 4.23. The third-order valence-electron chi connectivity index (χ3n) is 4.09. The molecule has 1 aliphatic heterocycles. The molecule has 0 spiro atoms. The first-order valence-electron chi connectivity index (χ1n) is 6.66. The summed E-state index contributed by atoms with van der Waals surface area (Å²) in [6, 6.07) is 3.96. The second-order valence-corrected chi connectivity index (χ2v) is 6.21. The maximum Gasteiger partial charge on any atom is 0.0422 e. The van der Waals surface area contributed by atoms with Crippen molar-refractivity contribution in [2.45, 2.75) is 58.2 Å². The number of nitrogens with zero attached hydrogens (tertiary/aromatic N) is 1. The van der Waals surface area contributed by atoms with Crippen molar-refractivity contribution in [3.05, 3.63) is 21.9 Å². The van der Waals surface area contributed by atoms with Crippen LogP contribution in [0.4, 0.5) is 0 Å². The minimum atomic E-state index is 0.513. The molecule has 2 nitrogen and oxygen atoms in total. The zero-order chi connectivity index (χ0) is 12.4. The van der Waals surface area contributed by atoms with E-state index in [1.807, 2.05) is 11.3 Å². The van der Waals surface area contributed by atoms with Crippen LogP contribution >= 0.6 is 11.3 Å². The number of likely N-dealkylation sites (tertiary alicyclic amines) is 1. The monoisotopic (exact) mass is 252 g/mol. The highest BCUT2D eigenvalue weighted by Crippen LogP contribution is 2.35. The van der Waals surface area contributed by atoms with Crippen molar-refractivity contribution in [1.29, 1.82) is 0 Å². The second-order valence-electron chi connectivity index (χ2n) is 5.26. The number of hydrogen-bond acceptors (Lipinski definition) is 3. The first-order valence-corrected chi connectivity index (χ1v) is 7.54. The predicted molar refractivity (Wildman–Crippen MR) is 75.5 cm³/mol. The Balaban J connectivity index is 2.21. The molecule has 0 aliphatic carbocycles.